The predicted octanol–water partition coefficient (Wildman–Crippen LogP) is 2.89. The Morgan fingerprint density at radius 3 is 2.17 bits per heavy atom. The molecule has 0 spiro atoms. The first kappa shape index (κ1) is 22.0. The molecule has 2 rings (SSSR count). The van der Waals surface area contributed by atoms with Crippen molar-refractivity contribution < 1.29 is 32.2 Å². The van der Waals surface area contributed by atoms with Crippen LogP contribution >= 0.6 is 0 Å². The van der Waals surface area contributed by atoms with Gasteiger partial charge in [-0.15, -0.1) is 0 Å². The molecule has 9 heteroatoms. The first-order chi connectivity index (χ1) is 13.7. The molecule has 0 bridgehead atoms. The first-order valence-corrected chi connectivity index (χ1v) is 9.86. The number of carbonyl (C=O) groups is 2. The Morgan fingerprint density at radius 2 is 1.66 bits per heavy atom. The second kappa shape index (κ2) is 9.24. The summed E-state index contributed by atoms with van der Waals surface area (Å²) in [5.74, 6) is -0.536. The maximum atomic E-state index is 13.0. The summed E-state index contributed by atoms with van der Waals surface area (Å²) in [4.78, 5) is 22.5. The van der Waals surface area contributed by atoms with Crippen molar-refractivity contribution in [3.63, 3.8) is 0 Å². The van der Waals surface area contributed by atoms with Crippen molar-refractivity contribution in [3.8, 4) is 11.5 Å². The van der Waals surface area contributed by atoms with Crippen LogP contribution in [0.2, 0.25) is 0 Å². The maximum absolute atomic E-state index is 13.0. The van der Waals surface area contributed by atoms with Crippen molar-refractivity contribution in [1.82, 2.24) is 0 Å². The number of hydrogen-bond acceptors (Lipinski definition) is 7. The number of ether oxygens (including phenoxy) is 3. The van der Waals surface area contributed by atoms with E-state index < -0.39 is 16.0 Å². The zero-order valence-corrected chi connectivity index (χ0v) is 17.2. The average Bonchev–Trinajstić information content (AvgIpc) is 2.71. The molecule has 0 heterocycles. The highest BCUT2D eigenvalue weighted by Gasteiger charge is 2.24. The summed E-state index contributed by atoms with van der Waals surface area (Å²) in [5, 5.41) is 0. The van der Waals surface area contributed by atoms with E-state index in [1.54, 1.807) is 0 Å². The van der Waals surface area contributed by atoms with Gasteiger partial charge in [0.1, 0.15) is 4.90 Å². The van der Waals surface area contributed by atoms with Gasteiger partial charge < -0.3 is 14.2 Å². The fourth-order valence-corrected chi connectivity index (χ4v) is 3.74. The molecular weight excluding hydrogens is 398 g/mol. The normalized spacial score (nSPS) is 11.2. The predicted molar refractivity (Wildman–Crippen MR) is 108 cm³/mol. The Bertz CT molecular complexity index is 1040. The second-order valence-electron chi connectivity index (χ2n) is 5.85. The minimum atomic E-state index is -4.08. The van der Waals surface area contributed by atoms with Gasteiger partial charge in [-0.1, -0.05) is 0 Å². The number of anilines is 1. The summed E-state index contributed by atoms with van der Waals surface area (Å²) in [6.45, 7) is 1.42. The van der Waals surface area contributed by atoms with Crippen molar-refractivity contribution in [1.29, 1.82) is 0 Å². The van der Waals surface area contributed by atoms with E-state index in [1.807, 2.05) is 0 Å². The SMILES string of the molecule is COC(=O)/C=C/c1cc(OC)c(OC)c(S(=O)(=O)Nc2ccc(C(C)=O)cc2)c1. The van der Waals surface area contributed by atoms with E-state index in [0.717, 1.165) is 6.08 Å². The fraction of sp³-hybridized carbons (Fsp3) is 0.200. The summed E-state index contributed by atoms with van der Waals surface area (Å²) < 4.78 is 43.4. The lowest BCUT2D eigenvalue weighted by atomic mass is 10.1. The molecule has 8 nitrogen and oxygen atoms in total. The Balaban J connectivity index is 2.49. The second-order valence-corrected chi connectivity index (χ2v) is 7.50. The lowest BCUT2D eigenvalue weighted by molar-refractivity contribution is -0.134. The van der Waals surface area contributed by atoms with Gasteiger partial charge in [-0.25, -0.2) is 13.2 Å². The Labute approximate surface area is 169 Å². The standard InChI is InChI=1S/C20H21NO7S/c1-13(22)15-6-8-16(9-7-15)21-29(24,25)18-12-14(5-10-19(23)27-3)11-17(26-2)20(18)28-4/h5-12,21H,1-4H3/b10-5+. The largest absolute Gasteiger partial charge is 0.493 e. The van der Waals surface area contributed by atoms with Crippen LogP contribution in [0.15, 0.2) is 47.4 Å². The number of esters is 1. The van der Waals surface area contributed by atoms with Gasteiger partial charge in [-0.3, -0.25) is 9.52 Å². The van der Waals surface area contributed by atoms with Gasteiger partial charge in [0.15, 0.2) is 17.3 Å². The molecule has 0 aliphatic rings. The van der Waals surface area contributed by atoms with E-state index in [2.05, 4.69) is 9.46 Å². The summed E-state index contributed by atoms with van der Waals surface area (Å²) in [6, 6.07) is 8.88. The van der Waals surface area contributed by atoms with E-state index in [1.165, 1.54) is 70.7 Å². The molecule has 29 heavy (non-hydrogen) atoms. The van der Waals surface area contributed by atoms with Gasteiger partial charge in [0.2, 0.25) is 0 Å². The monoisotopic (exact) mass is 419 g/mol. The van der Waals surface area contributed by atoms with Crippen LogP contribution < -0.4 is 14.2 Å². The van der Waals surface area contributed by atoms with Crippen LogP contribution in [0.3, 0.4) is 0 Å². The minimum Gasteiger partial charge on any atom is -0.493 e. The molecular formula is C20H21NO7S. The molecule has 0 unspecified atom stereocenters. The molecule has 0 fully saturated rings. The summed E-state index contributed by atoms with van der Waals surface area (Å²) in [5.41, 5.74) is 1.12. The third-order valence-corrected chi connectivity index (χ3v) is 5.30. The molecule has 0 atom stereocenters. The lowest BCUT2D eigenvalue weighted by Crippen LogP contribution is -2.15. The number of benzene rings is 2. The van der Waals surface area contributed by atoms with Gasteiger partial charge in [0, 0.05) is 17.3 Å². The molecule has 2 aromatic carbocycles. The van der Waals surface area contributed by atoms with E-state index in [9.17, 15) is 18.0 Å². The summed E-state index contributed by atoms with van der Waals surface area (Å²) in [6.07, 6.45) is 2.56. The van der Waals surface area contributed by atoms with E-state index in [-0.39, 0.29) is 27.9 Å². The number of rotatable bonds is 8. The van der Waals surface area contributed by atoms with Crippen LogP contribution in [0.4, 0.5) is 5.69 Å². The molecule has 0 amide bonds. The number of nitrogens with one attached hydrogen (secondary N) is 1. The number of ketones is 1. The Morgan fingerprint density at radius 1 is 1.00 bits per heavy atom. The van der Waals surface area contributed by atoms with Gasteiger partial charge in [0.25, 0.3) is 10.0 Å². The van der Waals surface area contributed by atoms with Crippen molar-refractivity contribution in [2.24, 2.45) is 0 Å². The highest BCUT2D eigenvalue weighted by molar-refractivity contribution is 7.92. The number of sulfonamides is 1. The molecule has 0 aromatic heterocycles. The van der Waals surface area contributed by atoms with E-state index >= 15 is 0 Å². The van der Waals surface area contributed by atoms with Crippen molar-refractivity contribution >= 4 is 33.5 Å². The van der Waals surface area contributed by atoms with Crippen molar-refractivity contribution in [3.05, 3.63) is 53.6 Å². The number of hydrogen-bond donors (Lipinski definition) is 1. The van der Waals surface area contributed by atoms with Crippen LogP contribution in [0.5, 0.6) is 11.5 Å². The molecule has 0 saturated heterocycles. The smallest absolute Gasteiger partial charge is 0.330 e. The van der Waals surface area contributed by atoms with Crippen LogP contribution in [-0.2, 0) is 19.6 Å². The molecule has 2 aromatic rings. The average molecular weight is 419 g/mol. The van der Waals surface area contributed by atoms with Crippen LogP contribution in [-0.4, -0.2) is 41.5 Å². The van der Waals surface area contributed by atoms with Crippen LogP contribution in [0, 0.1) is 0 Å². The third-order valence-electron chi connectivity index (χ3n) is 3.91. The first-order valence-electron chi connectivity index (χ1n) is 8.37. The zero-order valence-electron chi connectivity index (χ0n) is 16.4. The van der Waals surface area contributed by atoms with Crippen LogP contribution in [0.25, 0.3) is 6.08 Å². The molecule has 0 aliphatic heterocycles. The topological polar surface area (TPSA) is 108 Å². The van der Waals surface area contributed by atoms with E-state index in [0.29, 0.717) is 11.1 Å². The molecule has 0 radical (unpaired) electrons. The molecule has 0 saturated carbocycles. The Kier molecular flexibility index (Phi) is 7.00. The van der Waals surface area contributed by atoms with Gasteiger partial charge in [-0.05, 0) is 55.0 Å². The minimum absolute atomic E-state index is 0.00979. The highest BCUT2D eigenvalue weighted by Crippen LogP contribution is 2.37. The third kappa shape index (κ3) is 5.35. The number of carbonyl (C=O) groups excluding carboxylic acids is 2. The van der Waals surface area contributed by atoms with E-state index in [4.69, 9.17) is 9.47 Å². The van der Waals surface area contributed by atoms with Crippen molar-refractivity contribution in [2.75, 3.05) is 26.1 Å². The number of Topliss-reactive ketones (excluding diaryl/α,β-unsaturated/α-hetero) is 1. The maximum Gasteiger partial charge on any atom is 0.330 e. The number of methoxy groups -OCH3 is 3. The van der Waals surface area contributed by atoms with Gasteiger partial charge in [-0.2, -0.15) is 0 Å². The zero-order chi connectivity index (χ0) is 21.6. The quantitative estimate of drug-likeness (QED) is 0.398. The van der Waals surface area contributed by atoms with Gasteiger partial charge in [0.05, 0.1) is 21.3 Å². The molecule has 0 aliphatic carbocycles. The highest BCUT2D eigenvalue weighted by atomic mass is 32.2. The van der Waals surface area contributed by atoms with Crippen LogP contribution in [0.1, 0.15) is 22.8 Å². The summed E-state index contributed by atoms with van der Waals surface area (Å²) >= 11 is 0. The Hall–Kier alpha value is -3.33. The molecule has 154 valence electrons. The van der Waals surface area contributed by atoms with Gasteiger partial charge >= 0.3 is 5.97 Å². The summed E-state index contributed by atoms with van der Waals surface area (Å²) in [7, 11) is -0.151. The lowest BCUT2D eigenvalue weighted by Gasteiger charge is -2.15. The van der Waals surface area contributed by atoms with Crippen molar-refractivity contribution in [2.45, 2.75) is 11.8 Å². The fourth-order valence-electron chi connectivity index (χ4n) is 2.46. The molecule has 1 N–H and O–H groups in total.